The van der Waals surface area contributed by atoms with E-state index in [9.17, 15) is 14.4 Å². The number of nitrogens with zero attached hydrogens (tertiary/aromatic N) is 3. The zero-order valence-corrected chi connectivity index (χ0v) is 18.6. The van der Waals surface area contributed by atoms with Gasteiger partial charge in [0, 0.05) is 22.8 Å². The van der Waals surface area contributed by atoms with Gasteiger partial charge in [-0.25, -0.2) is 9.18 Å². The van der Waals surface area contributed by atoms with Crippen LogP contribution in [-0.4, -0.2) is 35.2 Å². The van der Waals surface area contributed by atoms with Gasteiger partial charge in [-0.1, -0.05) is 6.07 Å². The lowest BCUT2D eigenvalue weighted by molar-refractivity contribution is 0.0494. The van der Waals surface area contributed by atoms with Crippen molar-refractivity contribution in [3.05, 3.63) is 65.6 Å². The van der Waals surface area contributed by atoms with E-state index in [-0.39, 0.29) is 5.82 Å². The molecule has 0 aliphatic carbocycles. The fraction of sp³-hybridized carbons (Fsp3) is 0.292. The van der Waals surface area contributed by atoms with E-state index in [1.165, 1.54) is 12.1 Å². The average molecular weight is 449 g/mol. The fourth-order valence-corrected chi connectivity index (χ4v) is 3.88. The van der Waals surface area contributed by atoms with Crippen LogP contribution in [0.3, 0.4) is 0 Å². The summed E-state index contributed by atoms with van der Waals surface area (Å²) in [5.74, 6) is -0.342. The maximum atomic E-state index is 13.5. The molecule has 0 spiro atoms. The van der Waals surface area contributed by atoms with E-state index in [2.05, 4.69) is 26.9 Å². The molecule has 3 aromatic rings. The second kappa shape index (κ2) is 8.82. The quantitative estimate of drug-likeness (QED) is 0.547. The number of amides is 1. The molecule has 0 saturated carbocycles. The smallest absolute Gasteiger partial charge is 0.408 e. The van der Waals surface area contributed by atoms with E-state index in [4.69, 9.17) is 4.74 Å². The highest BCUT2D eigenvalue weighted by molar-refractivity contribution is 5.89. The summed E-state index contributed by atoms with van der Waals surface area (Å²) in [5.41, 5.74) is 5.33. The van der Waals surface area contributed by atoms with Crippen molar-refractivity contribution in [1.29, 1.82) is 5.26 Å². The summed E-state index contributed by atoms with van der Waals surface area (Å²) < 4.78 is 18.9. The Morgan fingerprint density at radius 3 is 2.76 bits per heavy atom. The lowest BCUT2D eigenvalue weighted by Gasteiger charge is -2.32. The summed E-state index contributed by atoms with van der Waals surface area (Å²) in [7, 11) is 0. The molecule has 4 rings (SSSR count). The number of benzene rings is 2. The molecule has 2 atom stereocenters. The summed E-state index contributed by atoms with van der Waals surface area (Å²) >= 11 is 0. The zero-order chi connectivity index (χ0) is 23.6. The van der Waals surface area contributed by atoms with E-state index in [0.29, 0.717) is 17.7 Å². The van der Waals surface area contributed by atoms with Crippen molar-refractivity contribution in [3.63, 3.8) is 0 Å². The van der Waals surface area contributed by atoms with Crippen molar-refractivity contribution in [2.45, 2.75) is 45.0 Å². The van der Waals surface area contributed by atoms with Crippen molar-refractivity contribution in [2.24, 2.45) is 5.10 Å². The largest absolute Gasteiger partial charge is 0.444 e. The first-order chi connectivity index (χ1) is 15.7. The molecular weight excluding hydrogens is 423 g/mol. The van der Waals surface area contributed by atoms with Gasteiger partial charge in [-0.05, 0) is 69.2 Å². The molecule has 1 aliphatic rings. The van der Waals surface area contributed by atoms with Crippen LogP contribution in [0, 0.1) is 17.1 Å². The molecule has 0 radical (unpaired) electrons. The summed E-state index contributed by atoms with van der Waals surface area (Å²) in [6, 6.07) is 13.2. The minimum Gasteiger partial charge on any atom is -0.444 e. The van der Waals surface area contributed by atoms with Crippen LogP contribution >= 0.6 is 0 Å². The number of aromatic amines is 1. The van der Waals surface area contributed by atoms with Gasteiger partial charge in [0.15, 0.2) is 0 Å². The standard InChI is InChI=1S/C24H25FN6O2/c1-24(2,3)33-23(32)29-20(11-16-13-27-19-6-4-5-15(12-26)21(16)19)22-30-28-14-31(22)18-9-7-17(25)8-10-18/h4-10,13-14,20,22,27,30H,11H2,1-3H3,(H,29,32)/t20-,22?/m0/s1. The number of aromatic nitrogens is 1. The topological polar surface area (TPSA) is 106 Å². The molecule has 2 aromatic carbocycles. The zero-order valence-electron chi connectivity index (χ0n) is 18.6. The van der Waals surface area contributed by atoms with Gasteiger partial charge >= 0.3 is 6.09 Å². The maximum absolute atomic E-state index is 13.5. The molecule has 33 heavy (non-hydrogen) atoms. The number of alkyl carbamates (subject to hydrolysis) is 1. The Kier molecular flexibility index (Phi) is 5.92. The molecule has 0 saturated heterocycles. The minimum atomic E-state index is -0.667. The monoisotopic (exact) mass is 448 g/mol. The van der Waals surface area contributed by atoms with Gasteiger partial charge in [-0.3, -0.25) is 5.43 Å². The molecule has 9 heteroatoms. The number of nitrogens with one attached hydrogen (secondary N) is 3. The summed E-state index contributed by atoms with van der Waals surface area (Å²) in [4.78, 5) is 17.7. The Morgan fingerprint density at radius 2 is 2.06 bits per heavy atom. The number of rotatable bonds is 5. The number of nitriles is 1. The number of halogens is 1. The molecule has 8 nitrogen and oxygen atoms in total. The van der Waals surface area contributed by atoms with E-state index in [0.717, 1.165) is 16.5 Å². The highest BCUT2D eigenvalue weighted by Gasteiger charge is 2.33. The SMILES string of the molecule is CC(C)(C)OC(=O)N[C@@H](Cc1c[nH]c2cccc(C#N)c12)C1NN=CN1c1ccc(F)cc1. The number of carbonyl (C=O) groups excluding carboxylic acids is 1. The van der Waals surface area contributed by atoms with Gasteiger partial charge < -0.3 is 19.9 Å². The Morgan fingerprint density at radius 1 is 1.30 bits per heavy atom. The minimum absolute atomic E-state index is 0.342. The number of anilines is 1. The van der Waals surface area contributed by atoms with E-state index in [1.54, 1.807) is 45.3 Å². The molecule has 2 heterocycles. The van der Waals surface area contributed by atoms with Crippen molar-refractivity contribution >= 4 is 29.0 Å². The third kappa shape index (κ3) is 4.90. The van der Waals surface area contributed by atoms with Crippen LogP contribution in [0.4, 0.5) is 14.9 Å². The Hall–Kier alpha value is -4.06. The molecule has 1 aliphatic heterocycles. The molecule has 170 valence electrons. The summed E-state index contributed by atoms with van der Waals surface area (Å²) in [6.07, 6.45) is 2.78. The first-order valence-corrected chi connectivity index (χ1v) is 10.6. The number of hydrogen-bond donors (Lipinski definition) is 3. The molecule has 1 unspecified atom stereocenters. The average Bonchev–Trinajstić information content (AvgIpc) is 3.40. The van der Waals surface area contributed by atoms with E-state index < -0.39 is 23.9 Å². The number of carbonyl (C=O) groups is 1. The van der Waals surface area contributed by atoms with E-state index >= 15 is 0 Å². The molecular formula is C24H25FN6O2. The van der Waals surface area contributed by atoms with Crippen molar-refractivity contribution in [3.8, 4) is 6.07 Å². The fourth-order valence-electron chi connectivity index (χ4n) is 3.88. The van der Waals surface area contributed by atoms with Gasteiger partial charge in [0.2, 0.25) is 0 Å². The van der Waals surface area contributed by atoms with Crippen LogP contribution in [0.5, 0.6) is 0 Å². The van der Waals surface area contributed by atoms with Crippen LogP contribution < -0.4 is 15.6 Å². The van der Waals surface area contributed by atoms with Crippen LogP contribution in [-0.2, 0) is 11.2 Å². The van der Waals surface area contributed by atoms with Gasteiger partial charge in [-0.15, -0.1) is 0 Å². The Bertz CT molecular complexity index is 1220. The van der Waals surface area contributed by atoms with Gasteiger partial charge in [0.05, 0.1) is 17.7 Å². The number of H-pyrrole nitrogens is 1. The highest BCUT2D eigenvalue weighted by Crippen LogP contribution is 2.26. The lowest BCUT2D eigenvalue weighted by Crippen LogP contribution is -2.56. The number of fused-ring (bicyclic) bond motifs is 1. The molecule has 1 aromatic heterocycles. The number of ether oxygens (including phenoxy) is 1. The highest BCUT2D eigenvalue weighted by atomic mass is 19.1. The van der Waals surface area contributed by atoms with Gasteiger partial charge in [-0.2, -0.15) is 10.4 Å². The number of hydrazone groups is 1. The summed E-state index contributed by atoms with van der Waals surface area (Å²) in [6.45, 7) is 5.38. The van der Waals surface area contributed by atoms with Crippen molar-refractivity contribution < 1.29 is 13.9 Å². The third-order valence-corrected chi connectivity index (χ3v) is 5.24. The van der Waals surface area contributed by atoms with Gasteiger partial charge in [0.1, 0.15) is 23.9 Å². The van der Waals surface area contributed by atoms with E-state index in [1.807, 2.05) is 23.2 Å². The van der Waals surface area contributed by atoms with Crippen molar-refractivity contribution in [1.82, 2.24) is 15.7 Å². The predicted molar refractivity (Wildman–Crippen MR) is 124 cm³/mol. The normalized spacial score (nSPS) is 16.3. The van der Waals surface area contributed by atoms with Crippen LogP contribution in [0.15, 0.2) is 53.8 Å². The first-order valence-electron chi connectivity index (χ1n) is 10.6. The predicted octanol–water partition coefficient (Wildman–Crippen LogP) is 3.99. The number of hydrogen-bond acceptors (Lipinski definition) is 6. The van der Waals surface area contributed by atoms with Gasteiger partial charge in [0.25, 0.3) is 0 Å². The van der Waals surface area contributed by atoms with Crippen molar-refractivity contribution in [2.75, 3.05) is 4.90 Å². The van der Waals surface area contributed by atoms with Crippen LogP contribution in [0.1, 0.15) is 31.9 Å². The van der Waals surface area contributed by atoms with Crippen LogP contribution in [0.25, 0.3) is 10.9 Å². The second-order valence-corrected chi connectivity index (χ2v) is 8.81. The summed E-state index contributed by atoms with van der Waals surface area (Å²) in [5, 5.41) is 17.5. The molecule has 3 N–H and O–H groups in total. The second-order valence-electron chi connectivity index (χ2n) is 8.81. The Balaban J connectivity index is 1.67. The van der Waals surface area contributed by atoms with Crippen LogP contribution in [0.2, 0.25) is 0 Å². The Labute approximate surface area is 191 Å². The first kappa shape index (κ1) is 22.1. The molecule has 0 fully saturated rings. The lowest BCUT2D eigenvalue weighted by atomic mass is 9.99. The third-order valence-electron chi connectivity index (χ3n) is 5.24. The molecule has 1 amide bonds. The molecule has 0 bridgehead atoms. The maximum Gasteiger partial charge on any atom is 0.408 e.